The molecule has 136 valence electrons. The van der Waals surface area contributed by atoms with Gasteiger partial charge in [-0.1, -0.05) is 69.0 Å². The monoisotopic (exact) mass is 355 g/mol. The van der Waals surface area contributed by atoms with Gasteiger partial charge in [0, 0.05) is 18.0 Å². The molecular weight excluding hydrogens is 322 g/mol. The summed E-state index contributed by atoms with van der Waals surface area (Å²) in [5.74, 6) is 1.48. The zero-order valence-corrected chi connectivity index (χ0v) is 17.0. The quantitative estimate of drug-likeness (QED) is 0.434. The Bertz CT molecular complexity index is 603. The smallest absolute Gasteiger partial charge is 0.0340 e. The number of benzene rings is 2. The number of aryl methyl sites for hydroxylation is 1. The van der Waals surface area contributed by atoms with Crippen molar-refractivity contribution < 1.29 is 0 Å². The van der Waals surface area contributed by atoms with Crippen molar-refractivity contribution in [2.24, 2.45) is 5.92 Å². The number of thiol groups is 1. The van der Waals surface area contributed by atoms with Gasteiger partial charge in [0.2, 0.25) is 0 Å². The van der Waals surface area contributed by atoms with Gasteiger partial charge in [0.25, 0.3) is 0 Å². The predicted octanol–water partition coefficient (Wildman–Crippen LogP) is 7.01. The van der Waals surface area contributed by atoms with Crippen molar-refractivity contribution in [3.63, 3.8) is 0 Å². The van der Waals surface area contributed by atoms with Gasteiger partial charge in [-0.25, -0.2) is 0 Å². The highest BCUT2D eigenvalue weighted by molar-refractivity contribution is 7.79. The minimum absolute atomic E-state index is 0.704. The fourth-order valence-corrected chi connectivity index (χ4v) is 2.33. The lowest BCUT2D eigenvalue weighted by Gasteiger charge is -2.07. The first-order valence-electron chi connectivity index (χ1n) is 8.67. The van der Waals surface area contributed by atoms with Crippen molar-refractivity contribution >= 4 is 24.4 Å². The highest BCUT2D eigenvalue weighted by Gasteiger charge is 1.98. The molecule has 2 heteroatoms. The average molecular weight is 356 g/mol. The molecule has 0 aliphatic carbocycles. The molecule has 0 spiro atoms. The van der Waals surface area contributed by atoms with Crippen LogP contribution in [0.15, 0.2) is 67.8 Å². The Balaban J connectivity index is 0.000000399. The van der Waals surface area contributed by atoms with Gasteiger partial charge in [0.15, 0.2) is 0 Å². The molecule has 0 heterocycles. The topological polar surface area (TPSA) is 12.0 Å². The minimum atomic E-state index is 0.704. The Hall–Kier alpha value is -1.93. The molecule has 0 aromatic heterocycles. The molecule has 0 fully saturated rings. The Labute approximate surface area is 160 Å². The first-order valence-corrected chi connectivity index (χ1v) is 9.31. The summed E-state index contributed by atoms with van der Waals surface area (Å²) in [4.78, 5) is 0. The van der Waals surface area contributed by atoms with Gasteiger partial charge in [-0.05, 0) is 48.6 Å². The number of anilines is 1. The van der Waals surface area contributed by atoms with Crippen LogP contribution in [0.3, 0.4) is 0 Å². The highest BCUT2D eigenvalue weighted by Crippen LogP contribution is 2.16. The Morgan fingerprint density at radius 3 is 2.08 bits per heavy atom. The fraction of sp³-hybridized carbons (Fsp3) is 0.304. The van der Waals surface area contributed by atoms with Crippen LogP contribution in [0.2, 0.25) is 0 Å². The second kappa shape index (κ2) is 14.4. The lowest BCUT2D eigenvalue weighted by atomic mass is 10.0. The van der Waals surface area contributed by atoms with Gasteiger partial charge in [-0.2, -0.15) is 12.6 Å². The summed E-state index contributed by atoms with van der Waals surface area (Å²) in [6, 6.07) is 16.5. The molecule has 0 unspecified atom stereocenters. The van der Waals surface area contributed by atoms with Crippen LogP contribution < -0.4 is 5.32 Å². The maximum Gasteiger partial charge on any atom is 0.0340 e. The van der Waals surface area contributed by atoms with E-state index in [4.69, 9.17) is 0 Å². The van der Waals surface area contributed by atoms with Crippen molar-refractivity contribution in [2.45, 2.75) is 33.4 Å². The number of rotatable bonds is 5. The van der Waals surface area contributed by atoms with Crippen molar-refractivity contribution in [1.82, 2.24) is 0 Å². The number of hydrogen-bond acceptors (Lipinski definition) is 2. The third-order valence-corrected chi connectivity index (χ3v) is 3.62. The lowest BCUT2D eigenvalue weighted by Crippen LogP contribution is -2.07. The summed E-state index contributed by atoms with van der Waals surface area (Å²) in [5.41, 5.74) is 4.96. The standard InChI is InChI=1S/C10H15N.C10H12S.C3H6/c1-9(2)8-11-10-6-4-3-5-7-10;1-3-10-8(2)5-4-6-9(10)7-11;1-3-2/h3-7,9,11H,8H2,1-2H3;3-6,11H,1,7H2,2H3;3H,1H2,2H3. The first kappa shape index (κ1) is 23.1. The first-order chi connectivity index (χ1) is 12.0. The molecule has 0 atom stereocenters. The van der Waals surface area contributed by atoms with Crippen LogP contribution in [0.1, 0.15) is 37.5 Å². The molecule has 2 rings (SSSR count). The van der Waals surface area contributed by atoms with Crippen molar-refractivity contribution in [2.75, 3.05) is 11.9 Å². The van der Waals surface area contributed by atoms with E-state index in [1.165, 1.54) is 22.4 Å². The van der Waals surface area contributed by atoms with Crippen LogP contribution in [-0.2, 0) is 5.75 Å². The van der Waals surface area contributed by atoms with E-state index in [0.717, 1.165) is 12.3 Å². The summed E-state index contributed by atoms with van der Waals surface area (Å²) in [6.07, 6.45) is 3.64. The van der Waals surface area contributed by atoms with E-state index in [-0.39, 0.29) is 0 Å². The molecule has 0 radical (unpaired) electrons. The molecule has 2 aromatic rings. The molecule has 1 nitrogen and oxygen atoms in total. The summed E-state index contributed by atoms with van der Waals surface area (Å²) >= 11 is 4.23. The van der Waals surface area contributed by atoms with Gasteiger partial charge < -0.3 is 5.32 Å². The van der Waals surface area contributed by atoms with E-state index in [0.29, 0.717) is 5.92 Å². The predicted molar refractivity (Wildman–Crippen MR) is 120 cm³/mol. The molecule has 1 N–H and O–H groups in total. The van der Waals surface area contributed by atoms with Crippen LogP contribution in [0.4, 0.5) is 5.69 Å². The maximum atomic E-state index is 4.23. The van der Waals surface area contributed by atoms with E-state index in [2.05, 4.69) is 76.1 Å². The normalized spacial score (nSPS) is 9.20. The summed E-state index contributed by atoms with van der Waals surface area (Å²) in [5, 5.41) is 3.34. The van der Waals surface area contributed by atoms with E-state index >= 15 is 0 Å². The van der Waals surface area contributed by atoms with Crippen LogP contribution in [0, 0.1) is 12.8 Å². The van der Waals surface area contributed by atoms with Gasteiger partial charge in [0.1, 0.15) is 0 Å². The summed E-state index contributed by atoms with van der Waals surface area (Å²) < 4.78 is 0. The third kappa shape index (κ3) is 10.5. The number of para-hydroxylation sites is 1. The van der Waals surface area contributed by atoms with Crippen molar-refractivity contribution in [3.8, 4) is 0 Å². The lowest BCUT2D eigenvalue weighted by molar-refractivity contribution is 0.689. The van der Waals surface area contributed by atoms with E-state index in [1.54, 1.807) is 6.08 Å². The van der Waals surface area contributed by atoms with Crippen molar-refractivity contribution in [3.05, 3.63) is 84.5 Å². The summed E-state index contributed by atoms with van der Waals surface area (Å²) in [7, 11) is 0. The Kier molecular flexibility index (Phi) is 13.3. The summed E-state index contributed by atoms with van der Waals surface area (Å²) in [6.45, 7) is 16.6. The molecule has 0 saturated heterocycles. The van der Waals surface area contributed by atoms with Crippen molar-refractivity contribution in [1.29, 1.82) is 0 Å². The SMILES string of the molecule is C=CC.C=Cc1c(C)cccc1CS.CC(C)CNc1ccccc1. The van der Waals surface area contributed by atoms with Gasteiger partial charge in [-0.3, -0.25) is 0 Å². The average Bonchev–Trinajstić information content (AvgIpc) is 2.62. The molecule has 0 bridgehead atoms. The number of hydrogen-bond donors (Lipinski definition) is 2. The highest BCUT2D eigenvalue weighted by atomic mass is 32.1. The third-order valence-electron chi connectivity index (χ3n) is 3.28. The Morgan fingerprint density at radius 2 is 1.64 bits per heavy atom. The van der Waals surface area contributed by atoms with Crippen LogP contribution in [0.25, 0.3) is 6.08 Å². The zero-order valence-electron chi connectivity index (χ0n) is 16.1. The van der Waals surface area contributed by atoms with E-state index in [9.17, 15) is 0 Å². The Morgan fingerprint density at radius 1 is 1.04 bits per heavy atom. The molecule has 0 amide bonds. The van der Waals surface area contributed by atoms with Gasteiger partial charge in [0.05, 0.1) is 0 Å². The van der Waals surface area contributed by atoms with E-state index in [1.807, 2.05) is 37.3 Å². The molecule has 0 aliphatic heterocycles. The second-order valence-electron chi connectivity index (χ2n) is 6.06. The van der Waals surface area contributed by atoms with Crippen LogP contribution in [0.5, 0.6) is 0 Å². The molecular formula is C23H33NS. The van der Waals surface area contributed by atoms with Gasteiger partial charge >= 0.3 is 0 Å². The number of allylic oxidation sites excluding steroid dienone is 1. The fourth-order valence-electron chi connectivity index (χ4n) is 2.05. The van der Waals surface area contributed by atoms with Gasteiger partial charge in [-0.15, -0.1) is 6.58 Å². The maximum absolute atomic E-state index is 4.23. The molecule has 2 aromatic carbocycles. The number of nitrogens with one attached hydrogen (secondary N) is 1. The zero-order chi connectivity index (χ0) is 19.1. The second-order valence-corrected chi connectivity index (χ2v) is 6.38. The molecule has 0 aliphatic rings. The largest absolute Gasteiger partial charge is 0.385 e. The van der Waals surface area contributed by atoms with Crippen LogP contribution in [-0.4, -0.2) is 6.54 Å². The molecule has 25 heavy (non-hydrogen) atoms. The van der Waals surface area contributed by atoms with E-state index < -0.39 is 0 Å². The minimum Gasteiger partial charge on any atom is -0.385 e. The van der Waals surface area contributed by atoms with Crippen LogP contribution >= 0.6 is 12.6 Å². The molecule has 0 saturated carbocycles.